The maximum Gasteiger partial charge on any atom is 0.311 e. The largest absolute Gasteiger partial charge is 0.486 e. The SMILES string of the molecule is CNCc1ccc(OCCc2scnc2C)c([N+](=O)[O-])c1. The number of rotatable bonds is 7. The maximum atomic E-state index is 11.1. The van der Waals surface area contributed by atoms with E-state index in [-0.39, 0.29) is 5.69 Å². The van der Waals surface area contributed by atoms with Crippen LogP contribution in [0, 0.1) is 17.0 Å². The number of ether oxygens (including phenoxy) is 1. The van der Waals surface area contributed by atoms with E-state index < -0.39 is 4.92 Å². The number of benzene rings is 1. The molecule has 0 bridgehead atoms. The molecule has 6 nitrogen and oxygen atoms in total. The Morgan fingerprint density at radius 2 is 2.29 bits per heavy atom. The molecule has 0 amide bonds. The normalized spacial score (nSPS) is 10.6. The summed E-state index contributed by atoms with van der Waals surface area (Å²) < 4.78 is 5.58. The molecule has 1 heterocycles. The van der Waals surface area contributed by atoms with Crippen molar-refractivity contribution in [2.75, 3.05) is 13.7 Å². The molecular formula is C14H17N3O3S. The van der Waals surface area contributed by atoms with Crippen molar-refractivity contribution in [3.05, 3.63) is 50.0 Å². The van der Waals surface area contributed by atoms with Gasteiger partial charge >= 0.3 is 5.69 Å². The van der Waals surface area contributed by atoms with Crippen LogP contribution in [0.3, 0.4) is 0 Å². The Morgan fingerprint density at radius 3 is 2.90 bits per heavy atom. The average Bonchev–Trinajstić information content (AvgIpc) is 2.86. The van der Waals surface area contributed by atoms with Crippen molar-refractivity contribution >= 4 is 17.0 Å². The topological polar surface area (TPSA) is 77.3 Å². The van der Waals surface area contributed by atoms with Crippen molar-refractivity contribution in [3.63, 3.8) is 0 Å². The summed E-state index contributed by atoms with van der Waals surface area (Å²) in [5.74, 6) is 0.307. The van der Waals surface area contributed by atoms with Gasteiger partial charge in [0.25, 0.3) is 0 Å². The third-order valence-corrected chi connectivity index (χ3v) is 4.03. The molecule has 7 heteroatoms. The number of nitro benzene ring substituents is 1. The third-order valence-electron chi connectivity index (χ3n) is 3.03. The maximum absolute atomic E-state index is 11.1. The van der Waals surface area contributed by atoms with Crippen LogP contribution in [-0.4, -0.2) is 23.6 Å². The van der Waals surface area contributed by atoms with Crippen molar-refractivity contribution in [3.8, 4) is 5.75 Å². The van der Waals surface area contributed by atoms with Crippen molar-refractivity contribution in [1.82, 2.24) is 10.3 Å². The number of nitro groups is 1. The molecule has 1 aromatic heterocycles. The first-order chi connectivity index (χ1) is 10.1. The number of nitrogens with one attached hydrogen (secondary N) is 1. The predicted molar refractivity (Wildman–Crippen MR) is 81.9 cm³/mol. The summed E-state index contributed by atoms with van der Waals surface area (Å²) in [5, 5.41) is 14.1. The van der Waals surface area contributed by atoms with Gasteiger partial charge in [0.1, 0.15) is 0 Å². The van der Waals surface area contributed by atoms with Gasteiger partial charge < -0.3 is 10.1 Å². The second kappa shape index (κ2) is 7.14. The van der Waals surface area contributed by atoms with E-state index in [0.29, 0.717) is 25.3 Å². The highest BCUT2D eigenvalue weighted by Gasteiger charge is 2.16. The summed E-state index contributed by atoms with van der Waals surface area (Å²) in [4.78, 5) is 16.0. The fraction of sp³-hybridized carbons (Fsp3) is 0.357. The van der Waals surface area contributed by atoms with Gasteiger partial charge in [-0.3, -0.25) is 10.1 Å². The molecule has 0 spiro atoms. The average molecular weight is 307 g/mol. The van der Waals surface area contributed by atoms with Crippen LogP contribution in [0.4, 0.5) is 5.69 Å². The van der Waals surface area contributed by atoms with Gasteiger partial charge in [-0.15, -0.1) is 11.3 Å². The zero-order chi connectivity index (χ0) is 15.2. The Labute approximate surface area is 126 Å². The minimum absolute atomic E-state index is 0.00350. The van der Waals surface area contributed by atoms with E-state index in [1.54, 1.807) is 36.0 Å². The molecule has 1 aromatic carbocycles. The lowest BCUT2D eigenvalue weighted by Crippen LogP contribution is -2.07. The van der Waals surface area contributed by atoms with E-state index in [4.69, 9.17) is 4.74 Å². The Morgan fingerprint density at radius 1 is 1.48 bits per heavy atom. The molecule has 1 N–H and O–H groups in total. The van der Waals surface area contributed by atoms with Crippen LogP contribution in [0.2, 0.25) is 0 Å². The molecule has 112 valence electrons. The van der Waals surface area contributed by atoms with Gasteiger partial charge in [-0.1, -0.05) is 6.07 Å². The van der Waals surface area contributed by atoms with Gasteiger partial charge in [0.2, 0.25) is 0 Å². The lowest BCUT2D eigenvalue weighted by Gasteiger charge is -2.08. The molecule has 0 aliphatic heterocycles. The van der Waals surface area contributed by atoms with Crippen LogP contribution in [-0.2, 0) is 13.0 Å². The monoisotopic (exact) mass is 307 g/mol. The summed E-state index contributed by atoms with van der Waals surface area (Å²) in [7, 11) is 1.80. The van der Waals surface area contributed by atoms with Crippen LogP contribution in [0.5, 0.6) is 5.75 Å². The number of hydrogen-bond acceptors (Lipinski definition) is 6. The number of aryl methyl sites for hydroxylation is 1. The van der Waals surface area contributed by atoms with Gasteiger partial charge in [0.05, 0.1) is 22.7 Å². The molecule has 2 aromatic rings. The summed E-state index contributed by atoms with van der Waals surface area (Å²) in [6.07, 6.45) is 0.700. The van der Waals surface area contributed by atoms with Crippen molar-refractivity contribution < 1.29 is 9.66 Å². The Bertz CT molecular complexity index is 628. The van der Waals surface area contributed by atoms with Crippen molar-refractivity contribution in [1.29, 1.82) is 0 Å². The highest BCUT2D eigenvalue weighted by Crippen LogP contribution is 2.28. The number of aromatic nitrogens is 1. The van der Waals surface area contributed by atoms with Crippen molar-refractivity contribution in [2.45, 2.75) is 19.9 Å². The smallest absolute Gasteiger partial charge is 0.311 e. The van der Waals surface area contributed by atoms with E-state index in [1.165, 1.54) is 0 Å². The first-order valence-corrected chi connectivity index (χ1v) is 7.43. The summed E-state index contributed by atoms with van der Waals surface area (Å²) in [6.45, 7) is 2.93. The van der Waals surface area contributed by atoms with Gasteiger partial charge in [0, 0.05) is 23.9 Å². The molecule has 0 aliphatic carbocycles. The fourth-order valence-corrected chi connectivity index (χ4v) is 2.72. The Balaban J connectivity index is 2.05. The second-order valence-electron chi connectivity index (χ2n) is 4.55. The van der Waals surface area contributed by atoms with Crippen LogP contribution in [0.1, 0.15) is 16.1 Å². The second-order valence-corrected chi connectivity index (χ2v) is 5.49. The van der Waals surface area contributed by atoms with Crippen LogP contribution >= 0.6 is 11.3 Å². The standard InChI is InChI=1S/C14H17N3O3S/c1-10-14(21-9-16-10)5-6-20-13-4-3-11(8-15-2)7-12(13)17(18)19/h3-4,7,9,15H,5-6,8H2,1-2H3. The van der Waals surface area contributed by atoms with Crippen molar-refractivity contribution in [2.24, 2.45) is 0 Å². The van der Waals surface area contributed by atoms with E-state index in [2.05, 4.69) is 10.3 Å². The zero-order valence-corrected chi connectivity index (χ0v) is 12.8. The third kappa shape index (κ3) is 3.99. The van der Waals surface area contributed by atoms with E-state index in [9.17, 15) is 10.1 Å². The number of nitrogens with zero attached hydrogens (tertiary/aromatic N) is 2. The highest BCUT2D eigenvalue weighted by atomic mass is 32.1. The van der Waals surface area contributed by atoms with Gasteiger partial charge in [-0.05, 0) is 25.6 Å². The summed E-state index contributed by atoms with van der Waals surface area (Å²) >= 11 is 1.57. The van der Waals surface area contributed by atoms with Crippen LogP contribution in [0.15, 0.2) is 23.7 Å². The van der Waals surface area contributed by atoms with Gasteiger partial charge in [-0.25, -0.2) is 4.98 Å². The first-order valence-electron chi connectivity index (χ1n) is 6.55. The molecule has 0 saturated heterocycles. The van der Waals surface area contributed by atoms with Gasteiger partial charge in [0.15, 0.2) is 5.75 Å². The molecular weight excluding hydrogens is 290 g/mol. The molecule has 0 aliphatic rings. The highest BCUT2D eigenvalue weighted by molar-refractivity contribution is 7.09. The van der Waals surface area contributed by atoms with Crippen LogP contribution in [0.25, 0.3) is 0 Å². The van der Waals surface area contributed by atoms with E-state index in [0.717, 1.165) is 16.1 Å². The molecule has 0 atom stereocenters. The fourth-order valence-electron chi connectivity index (χ4n) is 1.96. The Kier molecular flexibility index (Phi) is 5.24. The molecule has 0 radical (unpaired) electrons. The van der Waals surface area contributed by atoms with E-state index >= 15 is 0 Å². The number of thiazole rings is 1. The predicted octanol–water partition coefficient (Wildman–Crippen LogP) is 2.70. The molecule has 21 heavy (non-hydrogen) atoms. The molecule has 2 rings (SSSR count). The van der Waals surface area contributed by atoms with Crippen LogP contribution < -0.4 is 10.1 Å². The lowest BCUT2D eigenvalue weighted by molar-refractivity contribution is -0.385. The molecule has 0 fully saturated rings. The minimum Gasteiger partial charge on any atom is -0.486 e. The van der Waals surface area contributed by atoms with E-state index in [1.807, 2.05) is 13.0 Å². The quantitative estimate of drug-likeness (QED) is 0.628. The minimum atomic E-state index is -0.410. The first kappa shape index (κ1) is 15.4. The molecule has 0 unspecified atom stereocenters. The number of hydrogen-bond donors (Lipinski definition) is 1. The summed E-state index contributed by atoms with van der Waals surface area (Å²) in [6, 6.07) is 5.03. The lowest BCUT2D eigenvalue weighted by atomic mass is 10.2. The summed E-state index contributed by atoms with van der Waals surface area (Å²) in [5.41, 5.74) is 3.64. The zero-order valence-electron chi connectivity index (χ0n) is 12.0. The molecule has 0 saturated carbocycles. The Hall–Kier alpha value is -1.99. The van der Waals surface area contributed by atoms with Gasteiger partial charge in [-0.2, -0.15) is 0 Å².